The maximum atomic E-state index is 13.1. The van der Waals surface area contributed by atoms with E-state index in [1.807, 2.05) is 31.2 Å². The molecule has 0 saturated carbocycles. The molecule has 0 unspecified atom stereocenters. The molecule has 0 radical (unpaired) electrons. The first-order valence-electron chi connectivity index (χ1n) is 12.9. The maximum Gasteiger partial charge on any atom is 0.414 e. The number of aryl methyl sites for hydroxylation is 1. The van der Waals surface area contributed by atoms with Crippen molar-refractivity contribution in [3.05, 3.63) is 53.6 Å². The fraction of sp³-hybridized carbons (Fsp3) is 0.423. The number of hydrogen-bond acceptors (Lipinski definition) is 9. The highest BCUT2D eigenvalue weighted by Crippen LogP contribution is 2.07. The largest absolute Gasteiger partial charge is 0.481 e. The van der Waals surface area contributed by atoms with Crippen molar-refractivity contribution in [3.8, 4) is 0 Å². The van der Waals surface area contributed by atoms with Gasteiger partial charge in [-0.15, -0.1) is 0 Å². The van der Waals surface area contributed by atoms with Crippen LogP contribution in [0.5, 0.6) is 0 Å². The number of carboxylic acid groups (broad SMARTS) is 3. The van der Waals surface area contributed by atoms with Crippen LogP contribution < -0.4 is 27.4 Å². The fourth-order valence-electron chi connectivity index (χ4n) is 3.51. The van der Waals surface area contributed by atoms with Crippen molar-refractivity contribution in [3.63, 3.8) is 0 Å². The molecular formula is C26H37N7O9. The number of nitrogens with one attached hydrogen (secondary N) is 4. The standard InChI is InChI=1S/C24H35N7O5.C2H2O4/c1-15-6-2-3-7-16(15)12-28-23(35)20(11-21(32)33)31-24(36)19(10-17-13-27-14-29-17)30-22(34)18(26)8-4-5-9-25;3-1(4)2(5)6/h2-3,6-7,13-14,18-20H,4-5,8-12,25-26H2,1H3,(H,27,29)(H,28,35)(H,30,34)(H,31,36)(H,32,33);(H,3,4)(H,5,6)/t18-,19-,20-;/m0./s1. The molecule has 3 amide bonds. The highest BCUT2D eigenvalue weighted by Gasteiger charge is 2.30. The van der Waals surface area contributed by atoms with E-state index >= 15 is 0 Å². The Bertz CT molecular complexity index is 1190. The molecule has 1 heterocycles. The molecule has 2 aromatic rings. The fourth-order valence-corrected chi connectivity index (χ4v) is 3.51. The summed E-state index contributed by atoms with van der Waals surface area (Å²) in [6.07, 6.45) is 4.10. The predicted molar refractivity (Wildman–Crippen MR) is 148 cm³/mol. The molecule has 1 aromatic heterocycles. The average molecular weight is 592 g/mol. The van der Waals surface area contributed by atoms with Gasteiger partial charge in [0.1, 0.15) is 12.1 Å². The molecule has 0 bridgehead atoms. The number of carbonyl (C=O) groups is 6. The number of rotatable bonds is 15. The zero-order chi connectivity index (χ0) is 31.7. The average Bonchev–Trinajstić information content (AvgIpc) is 3.45. The molecule has 11 N–H and O–H groups in total. The van der Waals surface area contributed by atoms with Gasteiger partial charge in [0, 0.05) is 24.9 Å². The molecule has 0 fully saturated rings. The lowest BCUT2D eigenvalue weighted by Crippen LogP contribution is -2.56. The molecule has 0 saturated heterocycles. The lowest BCUT2D eigenvalue weighted by Gasteiger charge is -2.23. The van der Waals surface area contributed by atoms with E-state index in [4.69, 9.17) is 31.3 Å². The lowest BCUT2D eigenvalue weighted by molar-refractivity contribution is -0.159. The number of unbranched alkanes of at least 4 members (excludes halogenated alkanes) is 1. The number of aromatic amines is 1. The second-order valence-corrected chi connectivity index (χ2v) is 9.15. The summed E-state index contributed by atoms with van der Waals surface area (Å²) in [6.45, 7) is 2.54. The molecule has 2 rings (SSSR count). The molecule has 16 nitrogen and oxygen atoms in total. The van der Waals surface area contributed by atoms with Crippen LogP contribution in [0.3, 0.4) is 0 Å². The minimum Gasteiger partial charge on any atom is -0.481 e. The van der Waals surface area contributed by atoms with Crippen LogP contribution in [0.25, 0.3) is 0 Å². The van der Waals surface area contributed by atoms with Gasteiger partial charge in [0.05, 0.1) is 18.8 Å². The van der Waals surface area contributed by atoms with E-state index in [0.717, 1.165) is 11.1 Å². The van der Waals surface area contributed by atoms with Gasteiger partial charge in [0.15, 0.2) is 0 Å². The first-order valence-corrected chi connectivity index (χ1v) is 12.9. The third-order valence-corrected chi connectivity index (χ3v) is 5.83. The first-order chi connectivity index (χ1) is 19.8. The summed E-state index contributed by atoms with van der Waals surface area (Å²) in [4.78, 5) is 74.9. The number of amides is 3. The molecule has 0 aliphatic heterocycles. The maximum absolute atomic E-state index is 13.1. The number of aliphatic carboxylic acids is 3. The molecule has 16 heteroatoms. The molecule has 0 aliphatic rings. The van der Waals surface area contributed by atoms with E-state index in [2.05, 4.69) is 25.9 Å². The number of carbonyl (C=O) groups excluding carboxylic acids is 3. The number of nitrogens with two attached hydrogens (primary N) is 2. The molecule has 0 aliphatic carbocycles. The Hall–Kier alpha value is -4.83. The molecular weight excluding hydrogens is 554 g/mol. The van der Waals surface area contributed by atoms with Crippen LogP contribution in [0.2, 0.25) is 0 Å². The summed E-state index contributed by atoms with van der Waals surface area (Å²) in [5.41, 5.74) is 13.8. The van der Waals surface area contributed by atoms with Crippen molar-refractivity contribution in [2.75, 3.05) is 6.54 Å². The van der Waals surface area contributed by atoms with Gasteiger partial charge in [0.2, 0.25) is 17.7 Å². The van der Waals surface area contributed by atoms with E-state index in [0.29, 0.717) is 31.5 Å². The van der Waals surface area contributed by atoms with Crippen LogP contribution in [0.15, 0.2) is 36.8 Å². The summed E-state index contributed by atoms with van der Waals surface area (Å²) < 4.78 is 0. The predicted octanol–water partition coefficient (Wildman–Crippen LogP) is -1.37. The van der Waals surface area contributed by atoms with Gasteiger partial charge in [-0.2, -0.15) is 0 Å². The monoisotopic (exact) mass is 591 g/mol. The van der Waals surface area contributed by atoms with E-state index < -0.39 is 60.2 Å². The van der Waals surface area contributed by atoms with Crippen LogP contribution in [0.1, 0.15) is 42.5 Å². The Morgan fingerprint density at radius 3 is 2.12 bits per heavy atom. The summed E-state index contributed by atoms with van der Waals surface area (Å²) in [7, 11) is 0. The van der Waals surface area contributed by atoms with Crippen LogP contribution in [0.4, 0.5) is 0 Å². The molecule has 3 atom stereocenters. The second-order valence-electron chi connectivity index (χ2n) is 9.15. The van der Waals surface area contributed by atoms with Crippen LogP contribution in [-0.2, 0) is 41.7 Å². The van der Waals surface area contributed by atoms with Crippen LogP contribution >= 0.6 is 0 Å². The third-order valence-electron chi connectivity index (χ3n) is 5.83. The Labute approximate surface area is 241 Å². The minimum absolute atomic E-state index is 0.0394. The number of carboxylic acids is 3. The van der Waals surface area contributed by atoms with Gasteiger partial charge < -0.3 is 47.7 Å². The number of H-pyrrole nitrogens is 1. The van der Waals surface area contributed by atoms with Crippen LogP contribution in [0, 0.1) is 6.92 Å². The summed E-state index contributed by atoms with van der Waals surface area (Å²) in [6, 6.07) is 4.12. The zero-order valence-corrected chi connectivity index (χ0v) is 23.0. The van der Waals surface area contributed by atoms with Crippen molar-refractivity contribution >= 4 is 35.6 Å². The second kappa shape index (κ2) is 18.5. The zero-order valence-electron chi connectivity index (χ0n) is 23.0. The van der Waals surface area contributed by atoms with Crippen molar-refractivity contribution < 1.29 is 44.1 Å². The molecule has 1 aromatic carbocycles. The highest BCUT2D eigenvalue weighted by molar-refractivity contribution is 6.27. The van der Waals surface area contributed by atoms with Gasteiger partial charge in [-0.25, -0.2) is 14.6 Å². The third kappa shape index (κ3) is 13.5. The molecule has 42 heavy (non-hydrogen) atoms. The molecule has 230 valence electrons. The Kier molecular flexibility index (Phi) is 15.5. The van der Waals surface area contributed by atoms with Crippen molar-refractivity contribution in [1.29, 1.82) is 0 Å². The van der Waals surface area contributed by atoms with Crippen molar-refractivity contribution in [2.24, 2.45) is 11.5 Å². The minimum atomic E-state index is -1.82. The Balaban J connectivity index is 0.00000132. The number of imidazole rings is 1. The van der Waals surface area contributed by atoms with Gasteiger partial charge in [0.25, 0.3) is 0 Å². The summed E-state index contributed by atoms with van der Waals surface area (Å²) in [5, 5.41) is 31.8. The number of nitrogens with zero attached hydrogens (tertiary/aromatic N) is 1. The van der Waals surface area contributed by atoms with Crippen LogP contribution in [-0.4, -0.2) is 85.6 Å². The summed E-state index contributed by atoms with van der Waals surface area (Å²) >= 11 is 0. The van der Waals surface area contributed by atoms with Crippen molar-refractivity contribution in [1.82, 2.24) is 25.9 Å². The number of benzene rings is 1. The van der Waals surface area contributed by atoms with Gasteiger partial charge in [-0.05, 0) is 37.4 Å². The van der Waals surface area contributed by atoms with E-state index in [1.165, 1.54) is 12.5 Å². The quantitative estimate of drug-likeness (QED) is 0.0857. The van der Waals surface area contributed by atoms with Gasteiger partial charge >= 0.3 is 17.9 Å². The Morgan fingerprint density at radius 1 is 0.929 bits per heavy atom. The number of aromatic nitrogens is 2. The van der Waals surface area contributed by atoms with Gasteiger partial charge in [-0.1, -0.05) is 30.7 Å². The van der Waals surface area contributed by atoms with E-state index in [1.54, 1.807) is 0 Å². The Morgan fingerprint density at radius 2 is 1.57 bits per heavy atom. The highest BCUT2D eigenvalue weighted by atomic mass is 16.4. The smallest absolute Gasteiger partial charge is 0.414 e. The molecule has 0 spiro atoms. The summed E-state index contributed by atoms with van der Waals surface area (Å²) in [5.74, 6) is -6.82. The van der Waals surface area contributed by atoms with Gasteiger partial charge in [-0.3, -0.25) is 19.2 Å². The normalized spacial score (nSPS) is 12.5. The van der Waals surface area contributed by atoms with E-state index in [-0.39, 0.29) is 13.0 Å². The van der Waals surface area contributed by atoms with E-state index in [9.17, 15) is 24.3 Å². The SMILES string of the molecule is Cc1ccccc1CNC(=O)[C@H](CC(=O)O)NC(=O)[C@H](Cc1cnc[nH]1)NC(=O)[C@@H](N)CCCCN.O=C(O)C(=O)O. The first kappa shape index (κ1) is 35.2. The lowest BCUT2D eigenvalue weighted by atomic mass is 10.1. The van der Waals surface area contributed by atoms with Crippen molar-refractivity contribution in [2.45, 2.75) is 63.7 Å². The topological polar surface area (TPSA) is 280 Å². The number of hydrogen-bond donors (Lipinski definition) is 9.